The summed E-state index contributed by atoms with van der Waals surface area (Å²) in [5.41, 5.74) is 2.85. The summed E-state index contributed by atoms with van der Waals surface area (Å²) < 4.78 is 0. The highest BCUT2D eigenvalue weighted by Crippen LogP contribution is 2.37. The van der Waals surface area contributed by atoms with Crippen LogP contribution >= 0.6 is 11.6 Å². The maximum atomic E-state index is 5.92. The minimum absolute atomic E-state index is 0.558. The maximum Gasteiger partial charge on any atom is 0.0406 e. The van der Waals surface area contributed by atoms with Gasteiger partial charge in [0.25, 0.3) is 0 Å². The zero-order chi connectivity index (χ0) is 11.0. The van der Waals surface area contributed by atoms with Crippen molar-refractivity contribution in [2.75, 3.05) is 13.1 Å². The highest BCUT2D eigenvalue weighted by Gasteiger charge is 2.28. The highest BCUT2D eigenvalue weighted by molar-refractivity contribution is 6.30. The van der Waals surface area contributed by atoms with E-state index in [9.17, 15) is 0 Å². The van der Waals surface area contributed by atoms with Gasteiger partial charge in [-0.2, -0.15) is 0 Å². The number of fused-ring (bicyclic) bond motifs is 1. The average molecular weight is 232 g/mol. The third-order valence-electron chi connectivity index (χ3n) is 3.41. The van der Waals surface area contributed by atoms with Crippen LogP contribution in [0.15, 0.2) is 48.2 Å². The van der Waals surface area contributed by atoms with Gasteiger partial charge >= 0.3 is 0 Å². The maximum absolute atomic E-state index is 5.92. The van der Waals surface area contributed by atoms with Crippen LogP contribution in [-0.4, -0.2) is 18.0 Å². The summed E-state index contributed by atoms with van der Waals surface area (Å²) in [4.78, 5) is 2.46. The van der Waals surface area contributed by atoms with Crippen LogP contribution in [0.3, 0.4) is 0 Å². The summed E-state index contributed by atoms with van der Waals surface area (Å²) in [5, 5.41) is 0.816. The Kier molecular flexibility index (Phi) is 2.49. The summed E-state index contributed by atoms with van der Waals surface area (Å²) in [7, 11) is 0. The first-order valence-electron chi connectivity index (χ1n) is 5.72. The fraction of sp³-hybridized carbons (Fsp3) is 0.286. The molecule has 2 aliphatic rings. The van der Waals surface area contributed by atoms with E-state index in [2.05, 4.69) is 35.3 Å². The molecule has 0 bridgehead atoms. The summed E-state index contributed by atoms with van der Waals surface area (Å²) in [5.74, 6) is 0.558. The van der Waals surface area contributed by atoms with Crippen molar-refractivity contribution >= 4 is 11.6 Å². The van der Waals surface area contributed by atoms with E-state index in [1.165, 1.54) is 24.2 Å². The number of rotatable bonds is 1. The number of nitrogens with zero attached hydrogens (tertiary/aromatic N) is 1. The van der Waals surface area contributed by atoms with Crippen LogP contribution < -0.4 is 0 Å². The molecule has 2 aliphatic heterocycles. The molecule has 0 aliphatic carbocycles. The number of hydrogen-bond acceptors (Lipinski definition) is 1. The highest BCUT2D eigenvalue weighted by atomic mass is 35.5. The molecule has 2 heterocycles. The lowest BCUT2D eigenvalue weighted by molar-refractivity contribution is 0.430. The van der Waals surface area contributed by atoms with E-state index in [-0.39, 0.29) is 0 Å². The molecule has 0 aromatic heterocycles. The van der Waals surface area contributed by atoms with Crippen LogP contribution in [0.1, 0.15) is 17.9 Å². The number of benzene rings is 1. The monoisotopic (exact) mass is 231 g/mol. The van der Waals surface area contributed by atoms with Crippen molar-refractivity contribution in [1.82, 2.24) is 4.90 Å². The summed E-state index contributed by atoms with van der Waals surface area (Å²) in [6.07, 6.45) is 7.85. The molecule has 0 radical (unpaired) electrons. The smallest absolute Gasteiger partial charge is 0.0406 e. The van der Waals surface area contributed by atoms with Gasteiger partial charge in [-0.15, -0.1) is 0 Å². The van der Waals surface area contributed by atoms with E-state index < -0.39 is 0 Å². The molecule has 1 fully saturated rings. The Morgan fingerprint density at radius 3 is 2.81 bits per heavy atom. The topological polar surface area (TPSA) is 3.24 Å². The Balaban J connectivity index is 1.93. The Hall–Kier alpha value is -1.21. The molecule has 0 amide bonds. The van der Waals surface area contributed by atoms with Gasteiger partial charge in [0.05, 0.1) is 0 Å². The molecule has 82 valence electrons. The summed E-state index contributed by atoms with van der Waals surface area (Å²) in [6.45, 7) is 2.24. The molecular formula is C14H14ClN. The van der Waals surface area contributed by atoms with Crippen molar-refractivity contribution in [3.05, 3.63) is 58.8 Å². The first-order valence-corrected chi connectivity index (χ1v) is 6.09. The van der Waals surface area contributed by atoms with Gasteiger partial charge in [-0.05, 0) is 30.2 Å². The fourth-order valence-electron chi connectivity index (χ4n) is 2.59. The van der Waals surface area contributed by atoms with E-state index in [1.807, 2.05) is 12.1 Å². The minimum atomic E-state index is 0.558. The molecule has 1 nitrogen and oxygen atoms in total. The van der Waals surface area contributed by atoms with Crippen molar-refractivity contribution in [2.45, 2.75) is 12.3 Å². The first-order chi connectivity index (χ1) is 7.84. The first kappa shape index (κ1) is 9.98. The molecule has 1 atom stereocenters. The van der Waals surface area contributed by atoms with Crippen molar-refractivity contribution in [2.24, 2.45) is 0 Å². The van der Waals surface area contributed by atoms with E-state index >= 15 is 0 Å². The summed E-state index contributed by atoms with van der Waals surface area (Å²) in [6, 6.07) is 8.27. The van der Waals surface area contributed by atoms with Gasteiger partial charge in [0.2, 0.25) is 0 Å². The molecule has 16 heavy (non-hydrogen) atoms. The molecule has 1 unspecified atom stereocenters. The second-order valence-corrected chi connectivity index (χ2v) is 4.79. The second-order valence-electron chi connectivity index (χ2n) is 4.36. The molecule has 2 heteroatoms. The number of allylic oxidation sites excluding steroid dienone is 3. The van der Waals surface area contributed by atoms with Crippen molar-refractivity contribution in [1.29, 1.82) is 0 Å². The lowest BCUT2D eigenvalue weighted by atomic mass is 9.95. The van der Waals surface area contributed by atoms with Gasteiger partial charge in [0.1, 0.15) is 0 Å². The Bertz CT molecular complexity index is 444. The van der Waals surface area contributed by atoms with Crippen LogP contribution in [-0.2, 0) is 0 Å². The number of hydrogen-bond donors (Lipinski definition) is 0. The molecule has 3 rings (SSSR count). The average Bonchev–Trinajstić information content (AvgIpc) is 2.74. The Morgan fingerprint density at radius 2 is 2.00 bits per heavy atom. The van der Waals surface area contributed by atoms with E-state index in [0.29, 0.717) is 5.92 Å². The quantitative estimate of drug-likeness (QED) is 0.714. The molecule has 1 aromatic carbocycles. The summed E-state index contributed by atoms with van der Waals surface area (Å²) >= 11 is 5.92. The predicted octanol–water partition coefficient (Wildman–Crippen LogP) is 3.58. The zero-order valence-electron chi connectivity index (χ0n) is 9.07. The molecule has 0 spiro atoms. The van der Waals surface area contributed by atoms with Crippen LogP contribution in [0.4, 0.5) is 0 Å². The van der Waals surface area contributed by atoms with Gasteiger partial charge in [0.15, 0.2) is 0 Å². The second kappa shape index (κ2) is 3.99. The van der Waals surface area contributed by atoms with Gasteiger partial charge in [0, 0.05) is 29.7 Å². The Morgan fingerprint density at radius 1 is 1.19 bits per heavy atom. The lowest BCUT2D eigenvalue weighted by Gasteiger charge is -2.23. The molecular weight excluding hydrogens is 218 g/mol. The zero-order valence-corrected chi connectivity index (χ0v) is 9.82. The van der Waals surface area contributed by atoms with Crippen LogP contribution in [0.2, 0.25) is 5.02 Å². The van der Waals surface area contributed by atoms with E-state index in [4.69, 9.17) is 11.6 Å². The van der Waals surface area contributed by atoms with Gasteiger partial charge in [-0.1, -0.05) is 35.9 Å². The van der Waals surface area contributed by atoms with E-state index in [0.717, 1.165) is 11.6 Å². The number of halogens is 1. The van der Waals surface area contributed by atoms with E-state index in [1.54, 1.807) is 0 Å². The Labute approximate surface area is 101 Å². The van der Waals surface area contributed by atoms with Crippen LogP contribution in [0.25, 0.3) is 0 Å². The third-order valence-corrected chi connectivity index (χ3v) is 3.66. The standard InChI is InChI=1S/C14H14ClN/c15-12-6-4-11(5-7-12)13-8-10-16-9-2-1-3-14(13)16/h1-7,13H,8-10H2. The van der Waals surface area contributed by atoms with Crippen molar-refractivity contribution in [3.8, 4) is 0 Å². The fourth-order valence-corrected chi connectivity index (χ4v) is 2.71. The van der Waals surface area contributed by atoms with Crippen LogP contribution in [0.5, 0.6) is 0 Å². The molecule has 0 N–H and O–H groups in total. The van der Waals surface area contributed by atoms with Crippen molar-refractivity contribution in [3.63, 3.8) is 0 Å². The lowest BCUT2D eigenvalue weighted by Crippen LogP contribution is -2.20. The SMILES string of the molecule is Clc1ccc(C2CCN3CC=CC=C23)cc1. The van der Waals surface area contributed by atoms with Crippen molar-refractivity contribution < 1.29 is 0 Å². The predicted molar refractivity (Wildman–Crippen MR) is 67.6 cm³/mol. The normalized spacial score (nSPS) is 23.2. The molecule has 0 saturated carbocycles. The molecule has 1 saturated heterocycles. The van der Waals surface area contributed by atoms with Gasteiger partial charge < -0.3 is 4.90 Å². The van der Waals surface area contributed by atoms with Crippen LogP contribution in [0, 0.1) is 0 Å². The van der Waals surface area contributed by atoms with Gasteiger partial charge in [-0.25, -0.2) is 0 Å². The minimum Gasteiger partial charge on any atom is -0.371 e. The van der Waals surface area contributed by atoms with Gasteiger partial charge in [-0.3, -0.25) is 0 Å². The third kappa shape index (κ3) is 1.65. The molecule has 1 aromatic rings. The largest absolute Gasteiger partial charge is 0.371 e.